The van der Waals surface area contributed by atoms with Crippen molar-refractivity contribution in [3.05, 3.63) is 0 Å². The number of nitrogens with one attached hydrogen (secondary N) is 2. The van der Waals surface area contributed by atoms with Crippen LogP contribution in [0.25, 0.3) is 0 Å². The molecule has 174 valence electrons. The smallest absolute Gasteiger partial charge is 0.210 e. The Morgan fingerprint density at radius 3 is 1.83 bits per heavy atom. The van der Waals surface area contributed by atoms with Crippen molar-refractivity contribution in [1.29, 1.82) is 0 Å². The van der Waals surface area contributed by atoms with Crippen molar-refractivity contribution in [1.82, 2.24) is 15.6 Å². The molecule has 30 heavy (non-hydrogen) atoms. The number of nitrogens with two attached hydrogens (primary N) is 1. The number of rotatable bonds is 23. The fraction of sp³-hybridized carbons (Fsp3) is 0.818. The minimum Gasteiger partial charge on any atom is -0.368 e. The lowest BCUT2D eigenvalue weighted by molar-refractivity contribution is -0.108. The highest BCUT2D eigenvalue weighted by Crippen LogP contribution is 2.09. The average molecular weight is 425 g/mol. The van der Waals surface area contributed by atoms with Crippen LogP contribution in [0.1, 0.15) is 83.5 Å². The zero-order valence-corrected chi connectivity index (χ0v) is 18.8. The molecule has 8 heteroatoms. The number of carbonyl (C=O) groups is 2. The first-order valence-electron chi connectivity index (χ1n) is 11.6. The molecule has 0 saturated heterocycles. The van der Waals surface area contributed by atoms with Gasteiger partial charge in [0.1, 0.15) is 12.6 Å². The van der Waals surface area contributed by atoms with Crippen molar-refractivity contribution in [2.24, 2.45) is 15.8 Å². The lowest BCUT2D eigenvalue weighted by Gasteiger charge is -2.22. The molecule has 0 atom stereocenters. The van der Waals surface area contributed by atoms with Crippen LogP contribution in [0.2, 0.25) is 0 Å². The van der Waals surface area contributed by atoms with E-state index in [1.165, 1.54) is 38.5 Å². The van der Waals surface area contributed by atoms with Gasteiger partial charge in [-0.15, -0.1) is 0 Å². The third kappa shape index (κ3) is 20.9. The summed E-state index contributed by atoms with van der Waals surface area (Å²) < 4.78 is 0. The number of carbonyl (C=O) groups excluding carboxylic acids is 2. The molecule has 0 aromatic rings. The van der Waals surface area contributed by atoms with Gasteiger partial charge in [-0.25, -0.2) is 10.4 Å². The standard InChI is InChI=1S/C22H44N6O2/c1-24-27-22(23)26-21-25-15-14-18-28(16-10-6-2-4-8-12-19-29)17-11-7-3-5-9-13-20-30/h19-20,25H,1-18,21H2,(H3,23,26,27). The summed E-state index contributed by atoms with van der Waals surface area (Å²) in [5.41, 5.74) is 8.09. The van der Waals surface area contributed by atoms with Crippen LogP contribution in [-0.4, -0.2) is 63.0 Å². The van der Waals surface area contributed by atoms with Crippen LogP contribution in [0.15, 0.2) is 10.1 Å². The van der Waals surface area contributed by atoms with Crippen molar-refractivity contribution >= 4 is 25.2 Å². The minimum absolute atomic E-state index is 0.264. The van der Waals surface area contributed by atoms with Crippen molar-refractivity contribution in [2.75, 3.05) is 32.8 Å². The van der Waals surface area contributed by atoms with Crippen LogP contribution in [0.5, 0.6) is 0 Å². The van der Waals surface area contributed by atoms with Crippen molar-refractivity contribution < 1.29 is 9.59 Å². The molecule has 0 spiro atoms. The van der Waals surface area contributed by atoms with Crippen LogP contribution in [0, 0.1) is 0 Å². The van der Waals surface area contributed by atoms with Gasteiger partial charge in [0.2, 0.25) is 5.96 Å². The summed E-state index contributed by atoms with van der Waals surface area (Å²) in [5, 5.41) is 6.73. The molecule has 0 aliphatic carbocycles. The number of hydrogen-bond donors (Lipinski definition) is 3. The van der Waals surface area contributed by atoms with Crippen LogP contribution in [0.4, 0.5) is 0 Å². The molecule has 0 radical (unpaired) electrons. The Bertz CT molecular complexity index is 423. The molecule has 0 amide bonds. The molecular formula is C22H44N6O2. The Kier molecular flexibility index (Phi) is 22.1. The van der Waals surface area contributed by atoms with Gasteiger partial charge >= 0.3 is 0 Å². The van der Waals surface area contributed by atoms with E-state index in [9.17, 15) is 9.59 Å². The van der Waals surface area contributed by atoms with Gasteiger partial charge in [0.15, 0.2) is 0 Å². The maximum atomic E-state index is 10.4. The molecule has 0 aliphatic rings. The van der Waals surface area contributed by atoms with E-state index in [-0.39, 0.29) is 5.96 Å². The molecule has 0 heterocycles. The third-order valence-electron chi connectivity index (χ3n) is 4.98. The van der Waals surface area contributed by atoms with Crippen molar-refractivity contribution in [3.8, 4) is 0 Å². The molecule has 0 aromatic carbocycles. The van der Waals surface area contributed by atoms with Crippen LogP contribution in [0.3, 0.4) is 0 Å². The first kappa shape index (κ1) is 28.2. The zero-order chi connectivity index (χ0) is 22.1. The van der Waals surface area contributed by atoms with Gasteiger partial charge in [-0.2, -0.15) is 5.10 Å². The van der Waals surface area contributed by atoms with Gasteiger partial charge in [-0.3, -0.25) is 5.32 Å². The molecule has 0 aliphatic heterocycles. The van der Waals surface area contributed by atoms with Crippen LogP contribution < -0.4 is 16.5 Å². The monoisotopic (exact) mass is 424 g/mol. The highest BCUT2D eigenvalue weighted by atomic mass is 16.1. The second-order valence-electron chi connectivity index (χ2n) is 7.61. The van der Waals surface area contributed by atoms with E-state index in [1.54, 1.807) is 0 Å². The average Bonchev–Trinajstić information content (AvgIpc) is 2.74. The molecule has 4 N–H and O–H groups in total. The number of aldehydes is 2. The topological polar surface area (TPSA) is 112 Å². The summed E-state index contributed by atoms with van der Waals surface area (Å²) in [6, 6.07) is 0. The maximum Gasteiger partial charge on any atom is 0.210 e. The largest absolute Gasteiger partial charge is 0.368 e. The van der Waals surface area contributed by atoms with Gasteiger partial charge in [-0.05, 0) is 58.3 Å². The predicted molar refractivity (Wildman–Crippen MR) is 126 cm³/mol. The second-order valence-corrected chi connectivity index (χ2v) is 7.61. The number of aliphatic imine (C=N–C) groups is 1. The number of guanidine groups is 1. The molecular weight excluding hydrogens is 380 g/mol. The Balaban J connectivity index is 3.98. The van der Waals surface area contributed by atoms with Crippen molar-refractivity contribution in [2.45, 2.75) is 83.5 Å². The van der Waals surface area contributed by atoms with Crippen LogP contribution in [-0.2, 0) is 9.59 Å². The van der Waals surface area contributed by atoms with Gasteiger partial charge in [-0.1, -0.05) is 38.5 Å². The Morgan fingerprint density at radius 2 is 1.30 bits per heavy atom. The lowest BCUT2D eigenvalue weighted by atomic mass is 10.1. The molecule has 0 unspecified atom stereocenters. The lowest BCUT2D eigenvalue weighted by Crippen LogP contribution is -2.31. The highest BCUT2D eigenvalue weighted by molar-refractivity contribution is 5.77. The number of hydrogen-bond acceptors (Lipinski definition) is 6. The van der Waals surface area contributed by atoms with Crippen LogP contribution >= 0.6 is 0 Å². The van der Waals surface area contributed by atoms with E-state index in [2.05, 4.69) is 32.5 Å². The second kappa shape index (κ2) is 23.5. The summed E-state index contributed by atoms with van der Waals surface area (Å²) in [7, 11) is 0. The molecule has 0 fully saturated rings. The van der Waals surface area contributed by atoms with Gasteiger partial charge in [0.05, 0.1) is 6.67 Å². The molecule has 0 saturated carbocycles. The van der Waals surface area contributed by atoms with E-state index in [1.807, 2.05) is 0 Å². The van der Waals surface area contributed by atoms with Gasteiger partial charge in [0, 0.05) is 19.6 Å². The SMILES string of the molecule is C=NN/C(N)=N\CNCCCN(CCCCCCCC=O)CCCCCCCC=O. The normalized spacial score (nSPS) is 11.6. The molecule has 0 rings (SSSR count). The molecule has 0 bridgehead atoms. The van der Waals surface area contributed by atoms with Gasteiger partial charge in [0.25, 0.3) is 0 Å². The molecule has 0 aromatic heterocycles. The Labute approximate surface area is 183 Å². The maximum absolute atomic E-state index is 10.4. The summed E-state index contributed by atoms with van der Waals surface area (Å²) in [4.78, 5) is 27.4. The quantitative estimate of drug-likeness (QED) is 0.0764. The number of unbranched alkanes of at least 4 members (excludes halogenated alkanes) is 10. The van der Waals surface area contributed by atoms with Gasteiger partial charge < -0.3 is 20.2 Å². The first-order valence-corrected chi connectivity index (χ1v) is 11.6. The van der Waals surface area contributed by atoms with Crippen molar-refractivity contribution in [3.63, 3.8) is 0 Å². The summed E-state index contributed by atoms with van der Waals surface area (Å²) in [6.45, 7) is 8.02. The van der Waals surface area contributed by atoms with E-state index in [0.717, 1.165) is 70.9 Å². The first-order chi connectivity index (χ1) is 14.7. The third-order valence-corrected chi connectivity index (χ3v) is 4.98. The summed E-state index contributed by atoms with van der Waals surface area (Å²) in [5.74, 6) is 0.264. The fourth-order valence-electron chi connectivity index (χ4n) is 3.29. The van der Waals surface area contributed by atoms with E-state index < -0.39 is 0 Å². The van der Waals surface area contributed by atoms with E-state index in [0.29, 0.717) is 19.5 Å². The number of nitrogens with zero attached hydrogens (tertiary/aromatic N) is 3. The minimum atomic E-state index is 0.264. The zero-order valence-electron chi connectivity index (χ0n) is 18.8. The Morgan fingerprint density at radius 1 is 0.800 bits per heavy atom. The fourth-order valence-corrected chi connectivity index (χ4v) is 3.29. The highest BCUT2D eigenvalue weighted by Gasteiger charge is 2.05. The summed E-state index contributed by atoms with van der Waals surface area (Å²) >= 11 is 0. The number of hydrazone groups is 1. The predicted octanol–water partition coefficient (Wildman–Crippen LogP) is 2.82. The van der Waals surface area contributed by atoms with E-state index in [4.69, 9.17) is 5.73 Å². The van der Waals surface area contributed by atoms with E-state index >= 15 is 0 Å². The molecule has 8 nitrogen and oxygen atoms in total. The summed E-state index contributed by atoms with van der Waals surface area (Å²) in [6.07, 6.45) is 16.2. The Hall–Kier alpha value is -1.80.